The molecule has 47 heavy (non-hydrogen) atoms. The predicted molar refractivity (Wildman–Crippen MR) is 160 cm³/mol. The van der Waals surface area contributed by atoms with Gasteiger partial charge >= 0.3 is 6.16 Å². The first kappa shape index (κ1) is 30.9. The van der Waals surface area contributed by atoms with E-state index >= 15 is 4.39 Å². The summed E-state index contributed by atoms with van der Waals surface area (Å²) in [4.78, 5) is 42.9. The molecule has 248 valence electrons. The number of methoxy groups -OCH3 is 1. The highest BCUT2D eigenvalue weighted by molar-refractivity contribution is 5.96. The first-order valence-electron chi connectivity index (χ1n) is 15.2. The third-order valence-corrected chi connectivity index (χ3v) is 8.77. The van der Waals surface area contributed by atoms with E-state index in [-0.39, 0.29) is 56.6 Å². The van der Waals surface area contributed by atoms with Gasteiger partial charge in [-0.3, -0.25) is 19.3 Å². The molecule has 2 fully saturated rings. The van der Waals surface area contributed by atoms with E-state index in [0.29, 0.717) is 18.7 Å². The van der Waals surface area contributed by atoms with Gasteiger partial charge in [0, 0.05) is 49.3 Å². The second-order valence-electron chi connectivity index (χ2n) is 11.2. The first-order chi connectivity index (χ1) is 22.9. The van der Waals surface area contributed by atoms with Gasteiger partial charge in [0.15, 0.2) is 17.3 Å². The maximum Gasteiger partial charge on any atom is 0.511 e. The minimum Gasteiger partial charge on any atom is -0.451 e. The lowest BCUT2D eigenvalue weighted by atomic mass is 9.91. The Labute approximate surface area is 267 Å². The molecule has 2 saturated heterocycles. The van der Waals surface area contributed by atoms with E-state index in [0.717, 1.165) is 17.3 Å². The molecule has 5 heterocycles. The summed E-state index contributed by atoms with van der Waals surface area (Å²) < 4.78 is 64.5. The van der Waals surface area contributed by atoms with Crippen molar-refractivity contribution in [1.29, 1.82) is 0 Å². The van der Waals surface area contributed by atoms with E-state index in [1.165, 1.54) is 24.0 Å². The van der Waals surface area contributed by atoms with Crippen LogP contribution in [0.15, 0.2) is 53.5 Å². The molecule has 4 aliphatic heterocycles. The quantitative estimate of drug-likeness (QED) is 0.213. The number of hydrogen-bond acceptors (Lipinski definition) is 11. The number of halogens is 2. The van der Waals surface area contributed by atoms with E-state index in [2.05, 4.69) is 0 Å². The first-order valence-corrected chi connectivity index (χ1v) is 15.2. The number of pyridine rings is 1. The van der Waals surface area contributed by atoms with Gasteiger partial charge in [0.1, 0.15) is 18.8 Å². The van der Waals surface area contributed by atoms with Crippen LogP contribution in [0.1, 0.15) is 39.3 Å². The van der Waals surface area contributed by atoms with Crippen LogP contribution in [0.5, 0.6) is 5.75 Å². The molecular weight excluding hydrogens is 622 g/mol. The molecule has 15 heteroatoms. The summed E-state index contributed by atoms with van der Waals surface area (Å²) in [6.45, 7) is 0.893. The zero-order valence-corrected chi connectivity index (χ0v) is 25.4. The number of benzene rings is 2. The molecule has 4 aliphatic rings. The standard InChI is InChI=1S/C32H32F2N4O9/c1-42-14-15-45-32(41)47-18-46-30-24(39)8-9-37-29(30)31(40)36-11-13-44-17-25(36)38(37)28-19-4-2-3-5-22(19)35-10-12-43-16-23(35)26-20(28)6-7-21(33)27(26)34/h2-9,23,25,28H,10-18H2,1H3/t23?,25-,28-/m1/s1. The lowest BCUT2D eigenvalue weighted by Crippen LogP contribution is -2.66. The third kappa shape index (κ3) is 5.33. The number of ether oxygens (including phenoxy) is 6. The number of aromatic nitrogens is 1. The minimum absolute atomic E-state index is 0.0518. The average Bonchev–Trinajstić information content (AvgIpc) is 3.21. The Bertz CT molecular complexity index is 1750. The number of carbonyl (C=O) groups excluding carboxylic acids is 2. The van der Waals surface area contributed by atoms with E-state index in [9.17, 15) is 18.8 Å². The normalized spacial score (nSPS) is 21.5. The van der Waals surface area contributed by atoms with E-state index in [1.54, 1.807) is 11.0 Å². The highest BCUT2D eigenvalue weighted by Gasteiger charge is 2.48. The van der Waals surface area contributed by atoms with Gasteiger partial charge in [-0.15, -0.1) is 0 Å². The van der Waals surface area contributed by atoms with Crippen LogP contribution in [-0.2, 0) is 23.7 Å². The monoisotopic (exact) mass is 654 g/mol. The summed E-state index contributed by atoms with van der Waals surface area (Å²) in [7, 11) is 1.45. The van der Waals surface area contributed by atoms with Crippen molar-refractivity contribution in [1.82, 2.24) is 9.58 Å². The summed E-state index contributed by atoms with van der Waals surface area (Å²) in [6.07, 6.45) is -0.316. The Kier molecular flexibility index (Phi) is 8.42. The summed E-state index contributed by atoms with van der Waals surface area (Å²) in [6, 6.07) is 10.0. The van der Waals surface area contributed by atoms with Crippen LogP contribution in [0.2, 0.25) is 0 Å². The van der Waals surface area contributed by atoms with E-state index < -0.39 is 54.2 Å². The molecular formula is C32H32F2N4O9. The summed E-state index contributed by atoms with van der Waals surface area (Å²) in [5.74, 6) is -2.83. The van der Waals surface area contributed by atoms with Gasteiger partial charge in [0.2, 0.25) is 18.0 Å². The Morgan fingerprint density at radius 1 is 0.936 bits per heavy atom. The molecule has 7 rings (SSSR count). The molecule has 13 nitrogen and oxygen atoms in total. The van der Waals surface area contributed by atoms with Crippen LogP contribution in [0.4, 0.5) is 19.3 Å². The van der Waals surface area contributed by atoms with Crippen molar-refractivity contribution in [2.24, 2.45) is 0 Å². The van der Waals surface area contributed by atoms with Crippen LogP contribution in [0, 0.1) is 11.6 Å². The number of nitrogens with zero attached hydrogens (tertiary/aromatic N) is 4. The van der Waals surface area contributed by atoms with Gasteiger partial charge in [-0.05, 0) is 17.7 Å². The average molecular weight is 655 g/mol. The summed E-state index contributed by atoms with van der Waals surface area (Å²) in [5.41, 5.74) is 1.41. The van der Waals surface area contributed by atoms with Gasteiger partial charge in [0.25, 0.3) is 5.91 Å². The Hall–Kier alpha value is -4.73. The van der Waals surface area contributed by atoms with Crippen LogP contribution in [0.3, 0.4) is 0 Å². The van der Waals surface area contributed by atoms with Gasteiger partial charge in [-0.1, -0.05) is 24.3 Å². The second kappa shape index (κ2) is 12.8. The zero-order valence-electron chi connectivity index (χ0n) is 25.4. The molecule has 0 bridgehead atoms. The molecule has 0 spiro atoms. The molecule has 3 atom stereocenters. The Morgan fingerprint density at radius 2 is 1.72 bits per heavy atom. The van der Waals surface area contributed by atoms with E-state index in [4.69, 9.17) is 28.4 Å². The van der Waals surface area contributed by atoms with Crippen molar-refractivity contribution in [3.63, 3.8) is 0 Å². The van der Waals surface area contributed by atoms with Crippen molar-refractivity contribution >= 4 is 17.7 Å². The number of anilines is 1. The fraction of sp³-hybridized carbons (Fsp3) is 0.406. The number of rotatable bonds is 7. The van der Waals surface area contributed by atoms with Crippen molar-refractivity contribution < 1.29 is 46.8 Å². The lowest BCUT2D eigenvalue weighted by Gasteiger charge is -2.51. The van der Waals surface area contributed by atoms with Crippen molar-refractivity contribution in [2.75, 3.05) is 76.5 Å². The number of carbonyl (C=O) groups is 2. The van der Waals surface area contributed by atoms with Crippen molar-refractivity contribution in [3.05, 3.63) is 92.9 Å². The van der Waals surface area contributed by atoms with Crippen molar-refractivity contribution in [2.45, 2.75) is 18.2 Å². The molecule has 3 aromatic rings. The van der Waals surface area contributed by atoms with E-state index in [1.807, 2.05) is 34.2 Å². The fourth-order valence-electron chi connectivity index (χ4n) is 6.77. The number of hydrogen-bond donors (Lipinski definition) is 0. The minimum atomic E-state index is -1.05. The number of amides is 1. The largest absolute Gasteiger partial charge is 0.511 e. The topological polar surface area (TPSA) is 121 Å². The number of morpholine rings is 2. The molecule has 0 aliphatic carbocycles. The van der Waals surface area contributed by atoms with Crippen molar-refractivity contribution in [3.8, 4) is 5.75 Å². The maximum atomic E-state index is 16.0. The summed E-state index contributed by atoms with van der Waals surface area (Å²) in [5, 5.41) is 1.83. The van der Waals surface area contributed by atoms with Crippen LogP contribution < -0.4 is 20.1 Å². The second-order valence-corrected chi connectivity index (χ2v) is 11.2. The highest BCUT2D eigenvalue weighted by Crippen LogP contribution is 2.48. The van der Waals surface area contributed by atoms with Crippen LogP contribution in [-0.4, -0.2) is 94.4 Å². The molecule has 1 unspecified atom stereocenters. The van der Waals surface area contributed by atoms with Gasteiger partial charge in [-0.2, -0.15) is 0 Å². The number of para-hydroxylation sites is 1. The smallest absolute Gasteiger partial charge is 0.451 e. The Balaban J connectivity index is 1.39. The van der Waals surface area contributed by atoms with Gasteiger partial charge < -0.3 is 38.2 Å². The van der Waals surface area contributed by atoms with Gasteiger partial charge in [-0.25, -0.2) is 13.6 Å². The maximum absolute atomic E-state index is 16.0. The predicted octanol–water partition coefficient (Wildman–Crippen LogP) is 2.69. The highest BCUT2D eigenvalue weighted by atomic mass is 19.2. The molecule has 0 radical (unpaired) electrons. The molecule has 1 amide bonds. The number of fused-ring (bicyclic) bond motifs is 7. The third-order valence-electron chi connectivity index (χ3n) is 8.77. The fourth-order valence-corrected chi connectivity index (χ4v) is 6.77. The zero-order chi connectivity index (χ0) is 32.7. The molecule has 0 saturated carbocycles. The molecule has 2 aromatic carbocycles. The summed E-state index contributed by atoms with van der Waals surface area (Å²) >= 11 is 0. The Morgan fingerprint density at radius 3 is 2.55 bits per heavy atom. The lowest BCUT2D eigenvalue weighted by molar-refractivity contribution is -0.0216. The van der Waals surface area contributed by atoms with Crippen LogP contribution in [0.25, 0.3) is 0 Å². The molecule has 1 aromatic heterocycles. The van der Waals surface area contributed by atoms with Gasteiger partial charge in [0.05, 0.1) is 39.1 Å². The SMILES string of the molecule is COCCOC(=O)OCOc1c2n(ccc1=O)N([C@@H]1c3ccccc3N3CCOCC3c3c1ccc(F)c3F)[C@@H]1COCCN1C2=O. The van der Waals surface area contributed by atoms with Crippen LogP contribution >= 0.6 is 0 Å². The molecule has 0 N–H and O–H groups in total.